The van der Waals surface area contributed by atoms with E-state index < -0.39 is 0 Å². The summed E-state index contributed by atoms with van der Waals surface area (Å²) in [6.45, 7) is 6.95. The Morgan fingerprint density at radius 1 is 1.47 bits per heavy atom. The first-order valence-electron chi connectivity index (χ1n) is 5.38. The van der Waals surface area contributed by atoms with E-state index in [1.807, 2.05) is 18.2 Å². The lowest BCUT2D eigenvalue weighted by atomic mass is 10.1. The zero-order valence-corrected chi connectivity index (χ0v) is 10.2. The SMILES string of the molecule is CCN(CCN)C(C)c1cccc(Cl)c1. The molecular formula is C12H19ClN2. The molecular weight excluding hydrogens is 208 g/mol. The van der Waals surface area contributed by atoms with E-state index in [1.54, 1.807) is 0 Å². The van der Waals surface area contributed by atoms with Crippen LogP contribution in [0.1, 0.15) is 25.5 Å². The first-order chi connectivity index (χ1) is 7.19. The van der Waals surface area contributed by atoms with Crippen LogP contribution in [0.5, 0.6) is 0 Å². The third-order valence-corrected chi connectivity index (χ3v) is 2.94. The molecule has 0 fully saturated rings. The van der Waals surface area contributed by atoms with Gasteiger partial charge in [0.1, 0.15) is 0 Å². The quantitative estimate of drug-likeness (QED) is 0.837. The van der Waals surface area contributed by atoms with Gasteiger partial charge in [-0.1, -0.05) is 30.7 Å². The fourth-order valence-electron chi connectivity index (χ4n) is 1.77. The minimum atomic E-state index is 0.372. The number of halogens is 1. The molecule has 1 atom stereocenters. The van der Waals surface area contributed by atoms with Crippen molar-refractivity contribution in [3.63, 3.8) is 0 Å². The third-order valence-electron chi connectivity index (χ3n) is 2.70. The van der Waals surface area contributed by atoms with Crippen LogP contribution in [-0.4, -0.2) is 24.5 Å². The van der Waals surface area contributed by atoms with Crippen LogP contribution in [0, 0.1) is 0 Å². The van der Waals surface area contributed by atoms with Crippen LogP contribution in [0.4, 0.5) is 0 Å². The zero-order chi connectivity index (χ0) is 11.3. The van der Waals surface area contributed by atoms with E-state index in [0.717, 1.165) is 18.1 Å². The fraction of sp³-hybridized carbons (Fsp3) is 0.500. The standard InChI is InChI=1S/C12H19ClN2/c1-3-15(8-7-14)10(2)11-5-4-6-12(13)9-11/h4-6,9-10H,3,7-8,14H2,1-2H3. The van der Waals surface area contributed by atoms with E-state index in [1.165, 1.54) is 5.56 Å². The molecule has 0 aliphatic heterocycles. The molecule has 0 saturated heterocycles. The Hall–Kier alpha value is -0.570. The van der Waals surface area contributed by atoms with Crippen LogP contribution in [0.2, 0.25) is 5.02 Å². The van der Waals surface area contributed by atoms with E-state index in [4.69, 9.17) is 17.3 Å². The fourth-order valence-corrected chi connectivity index (χ4v) is 1.97. The summed E-state index contributed by atoms with van der Waals surface area (Å²) in [6.07, 6.45) is 0. The Morgan fingerprint density at radius 3 is 2.73 bits per heavy atom. The molecule has 0 bridgehead atoms. The van der Waals surface area contributed by atoms with Gasteiger partial charge in [0.25, 0.3) is 0 Å². The van der Waals surface area contributed by atoms with Gasteiger partial charge in [0.05, 0.1) is 0 Å². The first kappa shape index (κ1) is 12.5. The predicted octanol–water partition coefficient (Wildman–Crippen LogP) is 2.68. The van der Waals surface area contributed by atoms with Crippen molar-refractivity contribution in [2.45, 2.75) is 19.9 Å². The lowest BCUT2D eigenvalue weighted by Crippen LogP contribution is -2.31. The Kier molecular flexibility index (Phi) is 5.09. The van der Waals surface area contributed by atoms with Gasteiger partial charge in [-0.05, 0) is 31.2 Å². The number of nitrogens with two attached hydrogens (primary N) is 1. The van der Waals surface area contributed by atoms with E-state index in [-0.39, 0.29) is 0 Å². The number of likely N-dealkylation sites (N-methyl/N-ethyl adjacent to an activating group) is 1. The van der Waals surface area contributed by atoms with Crippen molar-refractivity contribution in [1.29, 1.82) is 0 Å². The molecule has 0 aromatic heterocycles. The van der Waals surface area contributed by atoms with Crippen LogP contribution in [-0.2, 0) is 0 Å². The lowest BCUT2D eigenvalue weighted by Gasteiger charge is -2.27. The zero-order valence-electron chi connectivity index (χ0n) is 9.41. The van der Waals surface area contributed by atoms with Gasteiger partial charge in [0.15, 0.2) is 0 Å². The monoisotopic (exact) mass is 226 g/mol. The van der Waals surface area contributed by atoms with Gasteiger partial charge >= 0.3 is 0 Å². The van der Waals surface area contributed by atoms with Crippen LogP contribution in [0.3, 0.4) is 0 Å². The summed E-state index contributed by atoms with van der Waals surface area (Å²) in [6, 6.07) is 8.39. The maximum atomic E-state index is 5.97. The molecule has 84 valence electrons. The summed E-state index contributed by atoms with van der Waals surface area (Å²) in [7, 11) is 0. The van der Waals surface area contributed by atoms with E-state index in [0.29, 0.717) is 12.6 Å². The van der Waals surface area contributed by atoms with Gasteiger partial charge < -0.3 is 5.73 Å². The predicted molar refractivity (Wildman–Crippen MR) is 66.2 cm³/mol. The van der Waals surface area contributed by atoms with Gasteiger partial charge in [-0.15, -0.1) is 0 Å². The van der Waals surface area contributed by atoms with Gasteiger partial charge in [-0.3, -0.25) is 4.90 Å². The van der Waals surface area contributed by atoms with Gasteiger partial charge in [-0.25, -0.2) is 0 Å². The summed E-state index contributed by atoms with van der Waals surface area (Å²) >= 11 is 5.97. The van der Waals surface area contributed by atoms with Crippen molar-refractivity contribution in [2.75, 3.05) is 19.6 Å². The van der Waals surface area contributed by atoms with E-state index >= 15 is 0 Å². The van der Waals surface area contributed by atoms with Crippen LogP contribution in [0.15, 0.2) is 24.3 Å². The van der Waals surface area contributed by atoms with Gasteiger partial charge in [0, 0.05) is 24.2 Å². The van der Waals surface area contributed by atoms with Crippen LogP contribution in [0.25, 0.3) is 0 Å². The molecule has 1 aromatic carbocycles. The second-order valence-electron chi connectivity index (χ2n) is 3.65. The molecule has 2 N–H and O–H groups in total. The summed E-state index contributed by atoms with van der Waals surface area (Å²) in [5.41, 5.74) is 6.83. The van der Waals surface area contributed by atoms with E-state index in [9.17, 15) is 0 Å². The number of rotatable bonds is 5. The largest absolute Gasteiger partial charge is 0.329 e. The molecule has 0 aliphatic carbocycles. The Morgan fingerprint density at radius 2 is 2.20 bits per heavy atom. The molecule has 0 heterocycles. The highest BCUT2D eigenvalue weighted by molar-refractivity contribution is 6.30. The smallest absolute Gasteiger partial charge is 0.0409 e. The third kappa shape index (κ3) is 3.49. The van der Waals surface area contributed by atoms with Crippen LogP contribution < -0.4 is 5.73 Å². The molecule has 1 rings (SSSR count). The Balaban J connectivity index is 2.77. The minimum absolute atomic E-state index is 0.372. The molecule has 0 radical (unpaired) electrons. The second-order valence-corrected chi connectivity index (χ2v) is 4.08. The molecule has 3 heteroatoms. The van der Waals surface area contributed by atoms with Crippen molar-refractivity contribution >= 4 is 11.6 Å². The number of benzene rings is 1. The lowest BCUT2D eigenvalue weighted by molar-refractivity contribution is 0.228. The summed E-state index contributed by atoms with van der Waals surface area (Å²) < 4.78 is 0. The summed E-state index contributed by atoms with van der Waals surface area (Å²) in [4.78, 5) is 2.34. The average molecular weight is 227 g/mol. The molecule has 0 amide bonds. The van der Waals surface area contributed by atoms with Crippen molar-refractivity contribution < 1.29 is 0 Å². The summed E-state index contributed by atoms with van der Waals surface area (Å²) in [5.74, 6) is 0. The molecule has 0 spiro atoms. The second kappa shape index (κ2) is 6.11. The van der Waals surface area contributed by atoms with Crippen LogP contribution >= 0.6 is 11.6 Å². The molecule has 0 saturated carbocycles. The summed E-state index contributed by atoms with van der Waals surface area (Å²) in [5, 5.41) is 0.795. The average Bonchev–Trinajstić information content (AvgIpc) is 2.25. The van der Waals surface area contributed by atoms with E-state index in [2.05, 4.69) is 24.8 Å². The highest BCUT2D eigenvalue weighted by atomic mass is 35.5. The van der Waals surface area contributed by atoms with Crippen molar-refractivity contribution in [3.05, 3.63) is 34.9 Å². The highest BCUT2D eigenvalue weighted by Gasteiger charge is 2.12. The topological polar surface area (TPSA) is 29.3 Å². The molecule has 15 heavy (non-hydrogen) atoms. The first-order valence-corrected chi connectivity index (χ1v) is 5.76. The minimum Gasteiger partial charge on any atom is -0.329 e. The highest BCUT2D eigenvalue weighted by Crippen LogP contribution is 2.22. The van der Waals surface area contributed by atoms with Gasteiger partial charge in [0.2, 0.25) is 0 Å². The molecule has 1 aromatic rings. The number of hydrogen-bond acceptors (Lipinski definition) is 2. The number of hydrogen-bond donors (Lipinski definition) is 1. The maximum absolute atomic E-state index is 5.97. The van der Waals surface area contributed by atoms with Crippen molar-refractivity contribution in [1.82, 2.24) is 4.90 Å². The van der Waals surface area contributed by atoms with Gasteiger partial charge in [-0.2, -0.15) is 0 Å². The Bertz CT molecular complexity index is 301. The molecule has 2 nitrogen and oxygen atoms in total. The van der Waals surface area contributed by atoms with Crippen molar-refractivity contribution in [3.8, 4) is 0 Å². The molecule has 1 unspecified atom stereocenters. The maximum Gasteiger partial charge on any atom is 0.0409 e. The van der Waals surface area contributed by atoms with Crippen molar-refractivity contribution in [2.24, 2.45) is 5.73 Å². The normalized spacial score (nSPS) is 13.1. The Labute approximate surface area is 97.0 Å². The number of nitrogens with zero attached hydrogens (tertiary/aromatic N) is 1. The molecule has 0 aliphatic rings.